The highest BCUT2D eigenvalue weighted by atomic mass is 35.5. The number of nitrogens with one attached hydrogen (secondary N) is 1. The van der Waals surface area contributed by atoms with Crippen LogP contribution >= 0.6 is 11.6 Å². The van der Waals surface area contributed by atoms with Crippen LogP contribution < -0.4 is 5.32 Å². The molecule has 10 heteroatoms. The van der Waals surface area contributed by atoms with E-state index in [4.69, 9.17) is 16.7 Å². The molecule has 162 valence electrons. The zero-order chi connectivity index (χ0) is 23.0. The number of carbonyl (C=O) groups is 3. The number of carboxylic acids is 1. The summed E-state index contributed by atoms with van der Waals surface area (Å²) in [5.74, 6) is -7.61. The standard InChI is InChI=1S/C21H17ClF2N2O5/c1-9(20(30)25-8-15(27)28)16-10(2)26(21(31)11-3-5-12(22)6-4-11)14-7-13(23)19(29)18(24)17(14)16/h3-7,9,29H,8H2,1-2H3,(H,25,30)(H,27,28)/t9-/m1/s1. The minimum atomic E-state index is -1.33. The predicted molar refractivity (Wildman–Crippen MR) is 108 cm³/mol. The third-order valence-electron chi connectivity index (χ3n) is 4.94. The van der Waals surface area contributed by atoms with Gasteiger partial charge in [0.05, 0.1) is 11.4 Å². The van der Waals surface area contributed by atoms with E-state index in [0.29, 0.717) is 5.02 Å². The zero-order valence-corrected chi connectivity index (χ0v) is 17.1. The van der Waals surface area contributed by atoms with E-state index >= 15 is 0 Å². The Bertz CT molecular complexity index is 1220. The van der Waals surface area contributed by atoms with Crippen molar-refractivity contribution in [1.82, 2.24) is 9.88 Å². The maximum Gasteiger partial charge on any atom is 0.322 e. The van der Waals surface area contributed by atoms with Crippen LogP contribution in [-0.2, 0) is 9.59 Å². The Balaban J connectivity index is 2.25. The van der Waals surface area contributed by atoms with Crippen molar-refractivity contribution in [1.29, 1.82) is 0 Å². The number of carboxylic acid groups (broad SMARTS) is 1. The fourth-order valence-corrected chi connectivity index (χ4v) is 3.60. The summed E-state index contributed by atoms with van der Waals surface area (Å²) < 4.78 is 30.1. The molecule has 3 aromatic rings. The number of amides is 1. The van der Waals surface area contributed by atoms with Gasteiger partial charge in [-0.3, -0.25) is 19.0 Å². The quantitative estimate of drug-likeness (QED) is 0.550. The Hall–Kier alpha value is -3.46. The first kappa shape index (κ1) is 22.2. The average Bonchev–Trinajstić information content (AvgIpc) is 3.01. The van der Waals surface area contributed by atoms with Crippen molar-refractivity contribution in [3.8, 4) is 5.75 Å². The normalized spacial score (nSPS) is 12.0. The maximum absolute atomic E-state index is 14.9. The van der Waals surface area contributed by atoms with E-state index in [9.17, 15) is 28.3 Å². The second kappa shape index (κ2) is 8.35. The molecule has 31 heavy (non-hydrogen) atoms. The molecule has 7 nitrogen and oxygen atoms in total. The van der Waals surface area contributed by atoms with E-state index in [2.05, 4.69) is 5.32 Å². The van der Waals surface area contributed by atoms with Gasteiger partial charge in [0.2, 0.25) is 5.91 Å². The van der Waals surface area contributed by atoms with Crippen molar-refractivity contribution in [3.63, 3.8) is 0 Å². The van der Waals surface area contributed by atoms with Crippen LogP contribution in [0, 0.1) is 18.6 Å². The Morgan fingerprint density at radius 2 is 1.81 bits per heavy atom. The summed E-state index contributed by atoms with van der Waals surface area (Å²) in [5.41, 5.74) is 0.149. The van der Waals surface area contributed by atoms with Gasteiger partial charge >= 0.3 is 5.97 Å². The van der Waals surface area contributed by atoms with Gasteiger partial charge in [-0.2, -0.15) is 0 Å². The van der Waals surface area contributed by atoms with Gasteiger partial charge in [-0.25, -0.2) is 8.78 Å². The molecule has 3 rings (SSSR count). The monoisotopic (exact) mass is 450 g/mol. The number of phenolic OH excluding ortho intramolecular Hbond substituents is 1. The molecule has 0 unspecified atom stereocenters. The average molecular weight is 451 g/mol. The van der Waals surface area contributed by atoms with E-state index in [1.165, 1.54) is 38.1 Å². The number of aromatic hydroxyl groups is 1. The third kappa shape index (κ3) is 3.96. The first-order valence-corrected chi connectivity index (χ1v) is 9.44. The van der Waals surface area contributed by atoms with Crippen molar-refractivity contribution < 1.29 is 33.4 Å². The van der Waals surface area contributed by atoms with Crippen LogP contribution in [0.1, 0.15) is 34.5 Å². The molecule has 0 aliphatic rings. The third-order valence-corrected chi connectivity index (χ3v) is 5.20. The van der Waals surface area contributed by atoms with Gasteiger partial charge in [-0.1, -0.05) is 11.6 Å². The number of aliphatic carboxylic acids is 1. The van der Waals surface area contributed by atoms with E-state index in [1.54, 1.807) is 0 Å². The summed E-state index contributed by atoms with van der Waals surface area (Å²) in [4.78, 5) is 36.4. The van der Waals surface area contributed by atoms with Gasteiger partial charge in [0.25, 0.3) is 5.91 Å². The van der Waals surface area contributed by atoms with Crippen molar-refractivity contribution in [3.05, 3.63) is 63.8 Å². The van der Waals surface area contributed by atoms with E-state index in [0.717, 1.165) is 10.6 Å². The molecule has 2 aromatic carbocycles. The number of fused-ring (bicyclic) bond motifs is 1. The van der Waals surface area contributed by atoms with E-state index in [-0.39, 0.29) is 27.7 Å². The van der Waals surface area contributed by atoms with Crippen LogP contribution in [0.15, 0.2) is 30.3 Å². The van der Waals surface area contributed by atoms with Gasteiger partial charge in [-0.15, -0.1) is 0 Å². The van der Waals surface area contributed by atoms with Crippen LogP contribution in [0.5, 0.6) is 5.75 Å². The molecule has 0 aliphatic carbocycles. The first-order chi connectivity index (χ1) is 14.5. The maximum atomic E-state index is 14.9. The molecule has 0 fully saturated rings. The minimum absolute atomic E-state index is 0.0213. The molecule has 1 amide bonds. The molecular weight excluding hydrogens is 434 g/mol. The van der Waals surface area contributed by atoms with E-state index < -0.39 is 47.6 Å². The van der Waals surface area contributed by atoms with Crippen molar-refractivity contribution in [2.24, 2.45) is 0 Å². The second-order valence-corrected chi connectivity index (χ2v) is 7.33. The number of phenols is 1. The topological polar surface area (TPSA) is 109 Å². The number of carbonyl (C=O) groups excluding carboxylic acids is 2. The summed E-state index contributed by atoms with van der Waals surface area (Å²) in [6, 6.07) is 6.63. The Kier molecular flexibility index (Phi) is 5.99. The number of hydrogen-bond donors (Lipinski definition) is 3. The molecule has 0 aliphatic heterocycles. The van der Waals surface area contributed by atoms with Gasteiger partial charge in [0.1, 0.15) is 6.54 Å². The molecule has 0 saturated carbocycles. The van der Waals surface area contributed by atoms with Gasteiger partial charge in [0, 0.05) is 27.7 Å². The summed E-state index contributed by atoms with van der Waals surface area (Å²) in [6.45, 7) is 2.17. The first-order valence-electron chi connectivity index (χ1n) is 9.06. The largest absolute Gasteiger partial charge is 0.503 e. The highest BCUT2D eigenvalue weighted by Gasteiger charge is 2.30. The SMILES string of the molecule is Cc1c([C@@H](C)C(=O)NCC(=O)O)c2c(F)c(O)c(F)cc2n1C(=O)c1ccc(Cl)cc1. The van der Waals surface area contributed by atoms with Crippen LogP contribution in [-0.4, -0.2) is 39.1 Å². The fraction of sp³-hybridized carbons (Fsp3) is 0.190. The Labute approximate surface area is 179 Å². The molecule has 1 heterocycles. The highest BCUT2D eigenvalue weighted by molar-refractivity contribution is 6.30. The number of nitrogens with zero attached hydrogens (tertiary/aromatic N) is 1. The van der Waals surface area contributed by atoms with Crippen LogP contribution in [0.2, 0.25) is 5.02 Å². The van der Waals surface area contributed by atoms with Gasteiger partial charge in [0.15, 0.2) is 17.4 Å². The fourth-order valence-electron chi connectivity index (χ4n) is 3.47. The number of halogens is 3. The lowest BCUT2D eigenvalue weighted by Gasteiger charge is -2.13. The summed E-state index contributed by atoms with van der Waals surface area (Å²) in [6.07, 6.45) is 0. The minimum Gasteiger partial charge on any atom is -0.503 e. The van der Waals surface area contributed by atoms with Crippen LogP contribution in [0.4, 0.5) is 8.78 Å². The second-order valence-electron chi connectivity index (χ2n) is 6.89. The van der Waals surface area contributed by atoms with Gasteiger partial charge in [-0.05, 0) is 43.7 Å². The Morgan fingerprint density at radius 3 is 2.39 bits per heavy atom. The molecular formula is C21H17ClF2N2O5. The number of benzene rings is 2. The van der Waals surface area contributed by atoms with Gasteiger partial charge < -0.3 is 15.5 Å². The lowest BCUT2D eigenvalue weighted by atomic mass is 9.96. The summed E-state index contributed by atoms with van der Waals surface area (Å²) >= 11 is 5.85. The molecule has 1 aromatic heterocycles. The molecule has 0 saturated heterocycles. The molecule has 0 spiro atoms. The smallest absolute Gasteiger partial charge is 0.322 e. The Morgan fingerprint density at radius 1 is 1.19 bits per heavy atom. The number of rotatable bonds is 5. The number of aromatic nitrogens is 1. The lowest BCUT2D eigenvalue weighted by Crippen LogP contribution is -2.32. The molecule has 0 radical (unpaired) electrons. The van der Waals surface area contributed by atoms with Crippen LogP contribution in [0.3, 0.4) is 0 Å². The number of hydrogen-bond acceptors (Lipinski definition) is 4. The van der Waals surface area contributed by atoms with Crippen molar-refractivity contribution in [2.45, 2.75) is 19.8 Å². The van der Waals surface area contributed by atoms with Crippen molar-refractivity contribution in [2.75, 3.05) is 6.54 Å². The van der Waals surface area contributed by atoms with Crippen LogP contribution in [0.25, 0.3) is 10.9 Å². The lowest BCUT2D eigenvalue weighted by molar-refractivity contribution is -0.138. The van der Waals surface area contributed by atoms with E-state index in [1.807, 2.05) is 0 Å². The molecule has 0 bridgehead atoms. The summed E-state index contributed by atoms with van der Waals surface area (Å²) in [5, 5.41) is 20.8. The highest BCUT2D eigenvalue weighted by Crippen LogP contribution is 2.38. The zero-order valence-electron chi connectivity index (χ0n) is 16.4. The predicted octanol–water partition coefficient (Wildman–Crippen LogP) is 3.58. The van der Waals surface area contributed by atoms with Crippen molar-refractivity contribution >= 4 is 40.3 Å². The molecule has 1 atom stereocenters. The molecule has 3 N–H and O–H groups in total. The summed E-state index contributed by atoms with van der Waals surface area (Å²) in [7, 11) is 0.